The zero-order chi connectivity index (χ0) is 9.68. The number of aromatic nitrogens is 1. The van der Waals surface area contributed by atoms with Gasteiger partial charge in [-0.1, -0.05) is 19.9 Å². The molecule has 2 heteroatoms. The molecule has 1 rings (SSSR count). The first-order valence-electron chi connectivity index (χ1n) is 4.82. The molecule has 2 nitrogen and oxygen atoms in total. The fourth-order valence-electron chi connectivity index (χ4n) is 1.48. The second kappa shape index (κ2) is 4.85. The monoisotopic (exact) mass is 179 g/mol. The minimum Gasteiger partial charge on any atom is -0.481 e. The van der Waals surface area contributed by atoms with Gasteiger partial charge in [-0.05, 0) is 18.9 Å². The van der Waals surface area contributed by atoms with E-state index >= 15 is 0 Å². The fraction of sp³-hybridized carbons (Fsp3) is 0.545. The van der Waals surface area contributed by atoms with Gasteiger partial charge >= 0.3 is 0 Å². The predicted octanol–water partition coefficient (Wildman–Crippen LogP) is 2.99. The second-order valence-electron chi connectivity index (χ2n) is 3.12. The second-order valence-corrected chi connectivity index (χ2v) is 3.12. The van der Waals surface area contributed by atoms with Gasteiger partial charge in [0.05, 0.1) is 7.11 Å². The largest absolute Gasteiger partial charge is 0.481 e. The predicted molar refractivity (Wildman–Crippen MR) is 54.1 cm³/mol. The van der Waals surface area contributed by atoms with Crippen LogP contribution in [-0.2, 0) is 0 Å². The van der Waals surface area contributed by atoms with Crippen LogP contribution in [0.2, 0.25) is 0 Å². The van der Waals surface area contributed by atoms with Crippen LogP contribution < -0.4 is 4.74 Å². The molecule has 0 fully saturated rings. The van der Waals surface area contributed by atoms with E-state index in [1.54, 1.807) is 7.11 Å². The molecule has 0 amide bonds. The SMILES string of the molecule is CCC(CC)c1cccc(OC)n1. The summed E-state index contributed by atoms with van der Waals surface area (Å²) in [5, 5.41) is 0. The summed E-state index contributed by atoms with van der Waals surface area (Å²) in [6, 6.07) is 5.95. The highest BCUT2D eigenvalue weighted by molar-refractivity contribution is 5.18. The van der Waals surface area contributed by atoms with Crippen LogP contribution in [0.25, 0.3) is 0 Å². The van der Waals surface area contributed by atoms with Gasteiger partial charge in [0.25, 0.3) is 0 Å². The number of hydrogen-bond donors (Lipinski definition) is 0. The number of pyridine rings is 1. The highest BCUT2D eigenvalue weighted by Crippen LogP contribution is 2.22. The Bertz CT molecular complexity index is 256. The molecule has 0 radical (unpaired) electrons. The molecule has 0 saturated heterocycles. The summed E-state index contributed by atoms with van der Waals surface area (Å²) in [4.78, 5) is 4.41. The minimum atomic E-state index is 0.565. The van der Waals surface area contributed by atoms with Crippen LogP contribution in [0.4, 0.5) is 0 Å². The lowest BCUT2D eigenvalue weighted by atomic mass is 9.99. The Morgan fingerprint density at radius 2 is 2.00 bits per heavy atom. The molecule has 13 heavy (non-hydrogen) atoms. The number of hydrogen-bond acceptors (Lipinski definition) is 2. The van der Waals surface area contributed by atoms with Crippen molar-refractivity contribution < 1.29 is 4.74 Å². The number of methoxy groups -OCH3 is 1. The van der Waals surface area contributed by atoms with Crippen LogP contribution in [0.15, 0.2) is 18.2 Å². The molecule has 0 N–H and O–H groups in total. The quantitative estimate of drug-likeness (QED) is 0.708. The van der Waals surface area contributed by atoms with Crippen molar-refractivity contribution in [1.29, 1.82) is 0 Å². The molecule has 0 aliphatic heterocycles. The van der Waals surface area contributed by atoms with E-state index in [1.165, 1.54) is 0 Å². The maximum Gasteiger partial charge on any atom is 0.213 e. The first kappa shape index (κ1) is 10.0. The maximum atomic E-state index is 5.08. The van der Waals surface area contributed by atoms with Crippen molar-refractivity contribution in [1.82, 2.24) is 4.98 Å². The third-order valence-electron chi connectivity index (χ3n) is 2.36. The van der Waals surface area contributed by atoms with Gasteiger partial charge in [-0.15, -0.1) is 0 Å². The van der Waals surface area contributed by atoms with Crippen LogP contribution in [0.3, 0.4) is 0 Å². The van der Waals surface area contributed by atoms with Crippen molar-refractivity contribution in [2.24, 2.45) is 0 Å². The molecule has 0 atom stereocenters. The third kappa shape index (κ3) is 2.44. The molecule has 0 bridgehead atoms. The third-order valence-corrected chi connectivity index (χ3v) is 2.36. The number of nitrogens with zero attached hydrogens (tertiary/aromatic N) is 1. The molecule has 0 aliphatic carbocycles. The number of ether oxygens (including phenoxy) is 1. The lowest BCUT2D eigenvalue weighted by Gasteiger charge is -2.11. The average molecular weight is 179 g/mol. The van der Waals surface area contributed by atoms with Crippen molar-refractivity contribution in [3.05, 3.63) is 23.9 Å². The maximum absolute atomic E-state index is 5.08. The molecule has 0 aromatic carbocycles. The summed E-state index contributed by atoms with van der Waals surface area (Å²) in [6.07, 6.45) is 2.27. The highest BCUT2D eigenvalue weighted by atomic mass is 16.5. The first-order chi connectivity index (χ1) is 6.31. The van der Waals surface area contributed by atoms with E-state index in [0.717, 1.165) is 18.5 Å². The van der Waals surface area contributed by atoms with Crippen LogP contribution in [0, 0.1) is 0 Å². The summed E-state index contributed by atoms with van der Waals surface area (Å²) < 4.78 is 5.08. The van der Waals surface area contributed by atoms with Crippen LogP contribution in [0.1, 0.15) is 38.3 Å². The van der Waals surface area contributed by atoms with Crippen molar-refractivity contribution in [2.75, 3.05) is 7.11 Å². The molecule has 1 aromatic rings. The Balaban J connectivity index is 2.86. The Kier molecular flexibility index (Phi) is 3.74. The van der Waals surface area contributed by atoms with Crippen molar-refractivity contribution >= 4 is 0 Å². The van der Waals surface area contributed by atoms with Crippen molar-refractivity contribution in [3.63, 3.8) is 0 Å². The molecular formula is C11H17NO. The van der Waals surface area contributed by atoms with Gasteiger partial charge in [-0.3, -0.25) is 0 Å². The zero-order valence-corrected chi connectivity index (χ0v) is 8.58. The lowest BCUT2D eigenvalue weighted by molar-refractivity contribution is 0.394. The Morgan fingerprint density at radius 1 is 1.31 bits per heavy atom. The highest BCUT2D eigenvalue weighted by Gasteiger charge is 2.08. The van der Waals surface area contributed by atoms with Gasteiger partial charge in [-0.2, -0.15) is 0 Å². The topological polar surface area (TPSA) is 22.1 Å². The van der Waals surface area contributed by atoms with E-state index in [9.17, 15) is 0 Å². The van der Waals surface area contributed by atoms with E-state index in [-0.39, 0.29) is 0 Å². The Labute approximate surface area is 80.0 Å². The van der Waals surface area contributed by atoms with E-state index in [1.807, 2.05) is 12.1 Å². The van der Waals surface area contributed by atoms with E-state index in [2.05, 4.69) is 24.9 Å². The Morgan fingerprint density at radius 3 is 2.54 bits per heavy atom. The van der Waals surface area contributed by atoms with Gasteiger partial charge in [0, 0.05) is 17.7 Å². The first-order valence-corrected chi connectivity index (χ1v) is 4.82. The van der Waals surface area contributed by atoms with Crippen LogP contribution in [0.5, 0.6) is 5.88 Å². The zero-order valence-electron chi connectivity index (χ0n) is 8.58. The van der Waals surface area contributed by atoms with E-state index in [0.29, 0.717) is 11.8 Å². The van der Waals surface area contributed by atoms with Crippen molar-refractivity contribution in [2.45, 2.75) is 32.6 Å². The molecule has 72 valence electrons. The number of rotatable bonds is 4. The molecule has 1 aromatic heterocycles. The molecule has 0 aliphatic rings. The fourth-order valence-corrected chi connectivity index (χ4v) is 1.48. The lowest BCUT2D eigenvalue weighted by Crippen LogP contribution is -1.99. The van der Waals surface area contributed by atoms with Gasteiger partial charge in [0.2, 0.25) is 5.88 Å². The Hall–Kier alpha value is -1.05. The van der Waals surface area contributed by atoms with Gasteiger partial charge < -0.3 is 4.74 Å². The normalized spacial score (nSPS) is 10.5. The molecular weight excluding hydrogens is 162 g/mol. The summed E-state index contributed by atoms with van der Waals surface area (Å²) in [5.74, 6) is 1.28. The summed E-state index contributed by atoms with van der Waals surface area (Å²) in [5.41, 5.74) is 1.14. The molecule has 0 spiro atoms. The average Bonchev–Trinajstić information content (AvgIpc) is 2.20. The van der Waals surface area contributed by atoms with Crippen molar-refractivity contribution in [3.8, 4) is 5.88 Å². The summed E-state index contributed by atoms with van der Waals surface area (Å²) in [6.45, 7) is 4.38. The van der Waals surface area contributed by atoms with Crippen LogP contribution in [-0.4, -0.2) is 12.1 Å². The molecule has 1 heterocycles. The van der Waals surface area contributed by atoms with Crippen LogP contribution >= 0.6 is 0 Å². The van der Waals surface area contributed by atoms with E-state index in [4.69, 9.17) is 4.74 Å². The van der Waals surface area contributed by atoms with E-state index < -0.39 is 0 Å². The summed E-state index contributed by atoms with van der Waals surface area (Å²) in [7, 11) is 1.65. The standard InChI is InChI=1S/C11H17NO/c1-4-9(5-2)10-7-6-8-11(12-10)13-3/h6-9H,4-5H2,1-3H3. The van der Waals surface area contributed by atoms with Gasteiger partial charge in [-0.25, -0.2) is 4.98 Å². The van der Waals surface area contributed by atoms with Gasteiger partial charge in [0.1, 0.15) is 0 Å². The molecule has 0 unspecified atom stereocenters. The molecule has 0 saturated carbocycles. The summed E-state index contributed by atoms with van der Waals surface area (Å²) >= 11 is 0. The van der Waals surface area contributed by atoms with Gasteiger partial charge in [0.15, 0.2) is 0 Å². The minimum absolute atomic E-state index is 0.565. The smallest absolute Gasteiger partial charge is 0.213 e.